The Bertz CT molecular complexity index is 1140. The van der Waals surface area contributed by atoms with Crippen LogP contribution in [0.2, 0.25) is 0 Å². The Kier molecular flexibility index (Phi) is 8.89. The molecule has 0 saturated carbocycles. The summed E-state index contributed by atoms with van der Waals surface area (Å²) in [6.07, 6.45) is 4.41. The van der Waals surface area contributed by atoms with Gasteiger partial charge in [0, 0.05) is 5.56 Å². The lowest BCUT2D eigenvalue weighted by molar-refractivity contribution is 0.398. The number of benzene rings is 3. The van der Waals surface area contributed by atoms with Crippen LogP contribution in [0, 0.1) is 11.3 Å². The SMILES string of the molecule is CCC(C)(C)C.CCCCC(C)C(c1ccc(O)cc1)P1(=O)Oc2ccccc2-c2ccccc21. The minimum atomic E-state index is -3.26. The molecular formula is C31H41O3P. The first kappa shape index (κ1) is 27.1. The summed E-state index contributed by atoms with van der Waals surface area (Å²) in [5.41, 5.74) is 3.19. The van der Waals surface area contributed by atoms with Gasteiger partial charge in [-0.05, 0) is 53.1 Å². The molecule has 0 amide bonds. The van der Waals surface area contributed by atoms with Gasteiger partial charge in [0.05, 0.1) is 11.0 Å². The predicted molar refractivity (Wildman–Crippen MR) is 149 cm³/mol. The molecule has 1 N–H and O–H groups in total. The average Bonchev–Trinajstić information content (AvgIpc) is 2.84. The summed E-state index contributed by atoms with van der Waals surface area (Å²) < 4.78 is 21.1. The number of hydrogen-bond acceptors (Lipinski definition) is 3. The Morgan fingerprint density at radius 1 is 0.886 bits per heavy atom. The van der Waals surface area contributed by atoms with Gasteiger partial charge in [-0.2, -0.15) is 0 Å². The van der Waals surface area contributed by atoms with Crippen LogP contribution >= 0.6 is 7.37 Å². The molecule has 35 heavy (non-hydrogen) atoms. The van der Waals surface area contributed by atoms with Gasteiger partial charge in [0.15, 0.2) is 0 Å². The number of phenols is 1. The molecule has 188 valence electrons. The molecule has 3 nitrogen and oxygen atoms in total. The number of aromatic hydroxyl groups is 1. The minimum Gasteiger partial charge on any atom is -0.508 e. The summed E-state index contributed by atoms with van der Waals surface area (Å²) in [6.45, 7) is 13.3. The van der Waals surface area contributed by atoms with E-state index in [9.17, 15) is 9.67 Å². The Balaban J connectivity index is 0.000000509. The quantitative estimate of drug-likeness (QED) is 0.349. The first-order valence-electron chi connectivity index (χ1n) is 12.9. The third kappa shape index (κ3) is 6.39. The van der Waals surface area contributed by atoms with Gasteiger partial charge >= 0.3 is 0 Å². The van der Waals surface area contributed by atoms with Crippen LogP contribution < -0.4 is 9.83 Å². The van der Waals surface area contributed by atoms with E-state index in [1.807, 2.05) is 60.7 Å². The van der Waals surface area contributed by atoms with Crippen molar-refractivity contribution in [1.82, 2.24) is 0 Å². The number of fused-ring (bicyclic) bond motifs is 3. The molecule has 1 aliphatic heterocycles. The molecule has 1 heterocycles. The molecule has 0 aliphatic carbocycles. The zero-order chi connectivity index (χ0) is 25.6. The second-order valence-corrected chi connectivity index (χ2v) is 13.2. The van der Waals surface area contributed by atoms with E-state index in [4.69, 9.17) is 4.52 Å². The smallest absolute Gasteiger partial charge is 0.285 e. The van der Waals surface area contributed by atoms with E-state index in [1.165, 1.54) is 6.42 Å². The van der Waals surface area contributed by atoms with E-state index >= 15 is 0 Å². The maximum absolute atomic E-state index is 14.7. The largest absolute Gasteiger partial charge is 0.508 e. The van der Waals surface area contributed by atoms with Crippen molar-refractivity contribution in [2.75, 3.05) is 0 Å². The van der Waals surface area contributed by atoms with Crippen LogP contribution in [0.5, 0.6) is 11.5 Å². The molecule has 3 aromatic rings. The van der Waals surface area contributed by atoms with Crippen LogP contribution in [-0.4, -0.2) is 5.11 Å². The Labute approximate surface area is 212 Å². The van der Waals surface area contributed by atoms with Crippen molar-refractivity contribution in [2.45, 2.75) is 72.9 Å². The van der Waals surface area contributed by atoms with Crippen molar-refractivity contribution in [3.8, 4) is 22.6 Å². The predicted octanol–water partition coefficient (Wildman–Crippen LogP) is 9.37. The van der Waals surface area contributed by atoms with Gasteiger partial charge in [-0.3, -0.25) is 4.57 Å². The van der Waals surface area contributed by atoms with E-state index in [0.29, 0.717) is 11.2 Å². The van der Waals surface area contributed by atoms with Crippen molar-refractivity contribution in [1.29, 1.82) is 0 Å². The summed E-state index contributed by atoms with van der Waals surface area (Å²) >= 11 is 0. The molecule has 0 fully saturated rings. The standard InChI is InChI=1S/C25H27O3P.C6H14/c1-3-4-9-18(2)25(19-14-16-20(26)17-15-19)29(27)24-13-8-6-11-22(24)21-10-5-7-12-23(21)28-29;1-5-6(2,3)4/h5-8,10-18,25-26H,3-4,9H2,1-2H3;5H2,1-4H3. The zero-order valence-corrected chi connectivity index (χ0v) is 23.0. The van der Waals surface area contributed by atoms with Crippen molar-refractivity contribution in [3.63, 3.8) is 0 Å². The van der Waals surface area contributed by atoms with Gasteiger partial charge < -0.3 is 9.63 Å². The number of rotatable bonds is 6. The highest BCUT2D eigenvalue weighted by Gasteiger charge is 2.45. The summed E-state index contributed by atoms with van der Waals surface area (Å²) in [6, 6.07) is 22.9. The summed E-state index contributed by atoms with van der Waals surface area (Å²) in [4.78, 5) is 0. The molecule has 1 aliphatic rings. The number of hydrogen-bond donors (Lipinski definition) is 1. The van der Waals surface area contributed by atoms with E-state index in [0.717, 1.165) is 41.3 Å². The van der Waals surface area contributed by atoms with Crippen molar-refractivity contribution < 1.29 is 14.2 Å². The minimum absolute atomic E-state index is 0.170. The molecule has 0 aromatic heterocycles. The lowest BCUT2D eigenvalue weighted by Gasteiger charge is -2.37. The van der Waals surface area contributed by atoms with Gasteiger partial charge in [-0.15, -0.1) is 0 Å². The van der Waals surface area contributed by atoms with Crippen LogP contribution in [0.1, 0.15) is 78.4 Å². The Morgan fingerprint density at radius 3 is 2.06 bits per heavy atom. The number of para-hydroxylation sites is 1. The topological polar surface area (TPSA) is 46.5 Å². The average molecular weight is 493 g/mol. The molecule has 3 unspecified atom stereocenters. The monoisotopic (exact) mass is 492 g/mol. The van der Waals surface area contributed by atoms with Gasteiger partial charge in [-0.25, -0.2) is 0 Å². The van der Waals surface area contributed by atoms with E-state index < -0.39 is 7.37 Å². The molecule has 4 rings (SSSR count). The molecule has 4 heteroatoms. The molecule has 0 radical (unpaired) electrons. The highest BCUT2D eigenvalue weighted by Crippen LogP contribution is 2.66. The highest BCUT2D eigenvalue weighted by molar-refractivity contribution is 7.68. The van der Waals surface area contributed by atoms with Crippen LogP contribution in [0.3, 0.4) is 0 Å². The van der Waals surface area contributed by atoms with Crippen molar-refractivity contribution in [2.24, 2.45) is 11.3 Å². The highest BCUT2D eigenvalue weighted by atomic mass is 31.2. The fraction of sp³-hybridized carbons (Fsp3) is 0.419. The second-order valence-electron chi connectivity index (χ2n) is 10.8. The van der Waals surface area contributed by atoms with Crippen LogP contribution in [0.15, 0.2) is 72.8 Å². The van der Waals surface area contributed by atoms with E-state index in [2.05, 4.69) is 41.5 Å². The molecule has 3 aromatic carbocycles. The van der Waals surface area contributed by atoms with Crippen molar-refractivity contribution >= 4 is 12.7 Å². The van der Waals surface area contributed by atoms with Crippen LogP contribution in [-0.2, 0) is 4.57 Å². The van der Waals surface area contributed by atoms with Gasteiger partial charge in [-0.1, -0.05) is 109 Å². The number of unbranched alkanes of at least 4 members (excludes halogenated alkanes) is 1. The first-order chi connectivity index (χ1) is 16.6. The fourth-order valence-electron chi connectivity index (χ4n) is 4.36. The van der Waals surface area contributed by atoms with Crippen LogP contribution in [0.4, 0.5) is 0 Å². The summed E-state index contributed by atoms with van der Waals surface area (Å²) in [7, 11) is -3.26. The molecule has 0 saturated heterocycles. The van der Waals surface area contributed by atoms with Gasteiger partial charge in [0.25, 0.3) is 7.37 Å². The van der Waals surface area contributed by atoms with Crippen molar-refractivity contribution in [3.05, 3.63) is 78.4 Å². The lowest BCUT2D eigenvalue weighted by atomic mass is 9.94. The normalized spacial score (nSPS) is 18.2. The maximum Gasteiger partial charge on any atom is 0.285 e. The number of phenolic OH excluding ortho intramolecular Hbond substituents is 1. The molecular weight excluding hydrogens is 451 g/mol. The molecule has 0 bridgehead atoms. The molecule has 0 spiro atoms. The fourth-order valence-corrected chi connectivity index (χ4v) is 7.53. The maximum atomic E-state index is 14.7. The Morgan fingerprint density at radius 2 is 1.46 bits per heavy atom. The van der Waals surface area contributed by atoms with Crippen LogP contribution in [0.25, 0.3) is 11.1 Å². The molecule has 3 atom stereocenters. The van der Waals surface area contributed by atoms with E-state index in [1.54, 1.807) is 12.1 Å². The zero-order valence-electron chi connectivity index (χ0n) is 22.1. The third-order valence-corrected chi connectivity index (χ3v) is 9.93. The second kappa shape index (κ2) is 11.5. The van der Waals surface area contributed by atoms with Gasteiger partial charge in [0.1, 0.15) is 11.5 Å². The summed E-state index contributed by atoms with van der Waals surface area (Å²) in [5.74, 6) is 1.06. The first-order valence-corrected chi connectivity index (χ1v) is 14.6. The Hall–Kier alpha value is -2.51. The lowest BCUT2D eigenvalue weighted by Crippen LogP contribution is -2.25. The van der Waals surface area contributed by atoms with Gasteiger partial charge in [0.2, 0.25) is 0 Å². The van der Waals surface area contributed by atoms with E-state index in [-0.39, 0.29) is 17.3 Å². The summed E-state index contributed by atoms with van der Waals surface area (Å²) in [5, 5.41) is 10.6. The third-order valence-electron chi connectivity index (χ3n) is 6.86.